The highest BCUT2D eigenvalue weighted by molar-refractivity contribution is 6.31. The van der Waals surface area contributed by atoms with Crippen LogP contribution in [0.15, 0.2) is 30.7 Å². The zero-order valence-electron chi connectivity index (χ0n) is 19.2. The van der Waals surface area contributed by atoms with Crippen molar-refractivity contribution < 1.29 is 23.1 Å². The molecular formula is C23H25F2N7O3. The predicted octanol–water partition coefficient (Wildman–Crippen LogP) is 1.82. The average molecular weight is 485 g/mol. The maximum Gasteiger partial charge on any atom is 0.398 e. The zero-order chi connectivity index (χ0) is 24.9. The number of piperazine rings is 1. The first-order valence-corrected chi connectivity index (χ1v) is 11.3. The van der Waals surface area contributed by atoms with Crippen molar-refractivity contribution in [3.05, 3.63) is 47.5 Å². The number of aromatic nitrogens is 3. The number of pyridine rings is 2. The molecule has 0 aliphatic carbocycles. The summed E-state index contributed by atoms with van der Waals surface area (Å²) >= 11 is 0. The number of nitrogens with zero attached hydrogens (tertiary/aromatic N) is 5. The van der Waals surface area contributed by atoms with Crippen LogP contribution in [0.2, 0.25) is 0 Å². The van der Waals surface area contributed by atoms with Gasteiger partial charge >= 0.3 is 11.9 Å². The van der Waals surface area contributed by atoms with Gasteiger partial charge in [0, 0.05) is 67.5 Å². The van der Waals surface area contributed by atoms with E-state index in [2.05, 4.69) is 27.1 Å². The second-order valence-electron chi connectivity index (χ2n) is 8.79. The van der Waals surface area contributed by atoms with Gasteiger partial charge in [0.15, 0.2) is 6.23 Å². The van der Waals surface area contributed by atoms with Gasteiger partial charge < -0.3 is 25.1 Å². The number of hydrogen-bond donors (Lipinski definition) is 2. The SMILES string of the molecule is Cc1cn2cc(N3c4nccc(N5CCN[C@@H](C)C5)c4CC3OC(=O)C(N)=O)c(C(F)F)cc2n1. The highest BCUT2D eigenvalue weighted by Gasteiger charge is 2.40. The van der Waals surface area contributed by atoms with Crippen LogP contribution in [-0.4, -0.2) is 58.1 Å². The first-order valence-electron chi connectivity index (χ1n) is 11.3. The van der Waals surface area contributed by atoms with Crippen LogP contribution in [-0.2, 0) is 20.7 Å². The van der Waals surface area contributed by atoms with Crippen molar-refractivity contribution in [1.82, 2.24) is 19.7 Å². The molecule has 12 heteroatoms. The van der Waals surface area contributed by atoms with Gasteiger partial charge in [-0.25, -0.2) is 23.5 Å². The number of nitrogens with one attached hydrogen (secondary N) is 1. The summed E-state index contributed by atoms with van der Waals surface area (Å²) < 4.78 is 35.5. The minimum Gasteiger partial charge on any atom is -0.434 e. The Labute approximate surface area is 199 Å². The number of esters is 1. The third kappa shape index (κ3) is 4.14. The van der Waals surface area contributed by atoms with Crippen LogP contribution in [0.3, 0.4) is 0 Å². The van der Waals surface area contributed by atoms with Gasteiger partial charge in [0.2, 0.25) is 0 Å². The summed E-state index contributed by atoms with van der Waals surface area (Å²) in [6.45, 7) is 6.11. The third-order valence-electron chi connectivity index (χ3n) is 6.27. The van der Waals surface area contributed by atoms with E-state index in [0.717, 1.165) is 30.9 Å². The van der Waals surface area contributed by atoms with Gasteiger partial charge in [0.05, 0.1) is 11.4 Å². The summed E-state index contributed by atoms with van der Waals surface area (Å²) in [6.07, 6.45) is 1.06. The molecule has 10 nitrogen and oxygen atoms in total. The number of rotatable bonds is 4. The van der Waals surface area contributed by atoms with Crippen LogP contribution in [0.4, 0.5) is 26.0 Å². The van der Waals surface area contributed by atoms with Gasteiger partial charge in [-0.2, -0.15) is 0 Å². The Morgan fingerprint density at radius 1 is 1.29 bits per heavy atom. The van der Waals surface area contributed by atoms with Crippen molar-refractivity contribution in [1.29, 1.82) is 0 Å². The highest BCUT2D eigenvalue weighted by atomic mass is 19.3. The first kappa shape index (κ1) is 23.0. The molecule has 3 N–H and O–H groups in total. The van der Waals surface area contributed by atoms with Crippen molar-refractivity contribution in [2.24, 2.45) is 5.73 Å². The predicted molar refractivity (Wildman–Crippen MR) is 124 cm³/mol. The van der Waals surface area contributed by atoms with Gasteiger partial charge in [-0.3, -0.25) is 9.69 Å². The molecule has 5 rings (SSSR count). The average Bonchev–Trinajstić information content (AvgIpc) is 3.36. The topological polar surface area (TPSA) is 118 Å². The van der Waals surface area contributed by atoms with Crippen molar-refractivity contribution in [2.75, 3.05) is 29.4 Å². The molecule has 1 saturated heterocycles. The van der Waals surface area contributed by atoms with Crippen LogP contribution >= 0.6 is 0 Å². The second kappa shape index (κ2) is 8.77. The van der Waals surface area contributed by atoms with Gasteiger partial charge in [0.1, 0.15) is 11.5 Å². The van der Waals surface area contributed by atoms with E-state index in [1.54, 1.807) is 23.7 Å². The lowest BCUT2D eigenvalue weighted by Gasteiger charge is -2.34. The number of carbonyl (C=O) groups excluding carboxylic acids is 2. The number of anilines is 3. The quantitative estimate of drug-likeness (QED) is 0.425. The molecule has 1 unspecified atom stereocenters. The molecule has 5 heterocycles. The number of nitrogens with two attached hydrogens (primary N) is 1. The third-order valence-corrected chi connectivity index (χ3v) is 6.27. The van der Waals surface area contributed by atoms with Crippen LogP contribution in [0.5, 0.6) is 0 Å². The van der Waals surface area contributed by atoms with Crippen LogP contribution in [0.1, 0.15) is 30.2 Å². The lowest BCUT2D eigenvalue weighted by molar-refractivity contribution is -0.157. The van der Waals surface area contributed by atoms with Crippen molar-refractivity contribution in [3.8, 4) is 0 Å². The molecule has 0 spiro atoms. The number of halogens is 2. The maximum atomic E-state index is 14.2. The number of amides is 1. The molecule has 0 saturated carbocycles. The number of primary amides is 1. The minimum absolute atomic E-state index is 0.101. The molecule has 0 bridgehead atoms. The Hall–Kier alpha value is -3.80. The van der Waals surface area contributed by atoms with E-state index < -0.39 is 24.5 Å². The lowest BCUT2D eigenvalue weighted by Crippen LogP contribution is -2.49. The summed E-state index contributed by atoms with van der Waals surface area (Å²) in [7, 11) is 0. The fourth-order valence-corrected chi connectivity index (χ4v) is 4.81. The Bertz CT molecular complexity index is 1310. The zero-order valence-corrected chi connectivity index (χ0v) is 19.2. The molecule has 0 radical (unpaired) electrons. The normalized spacial score (nSPS) is 19.9. The number of imidazole rings is 1. The van der Waals surface area contributed by atoms with E-state index >= 15 is 0 Å². The molecule has 0 aromatic carbocycles. The van der Waals surface area contributed by atoms with Crippen LogP contribution < -0.4 is 20.9 Å². The molecule has 2 atom stereocenters. The molecule has 35 heavy (non-hydrogen) atoms. The van der Waals surface area contributed by atoms with E-state index in [9.17, 15) is 18.4 Å². The maximum absolute atomic E-state index is 14.2. The smallest absolute Gasteiger partial charge is 0.398 e. The summed E-state index contributed by atoms with van der Waals surface area (Å²) in [6, 6.07) is 3.43. The monoisotopic (exact) mass is 485 g/mol. The number of ether oxygens (including phenoxy) is 1. The van der Waals surface area contributed by atoms with E-state index in [0.29, 0.717) is 17.2 Å². The molecular weight excluding hydrogens is 460 g/mol. The molecule has 3 aromatic rings. The van der Waals surface area contributed by atoms with E-state index in [-0.39, 0.29) is 23.7 Å². The Morgan fingerprint density at radius 2 is 2.09 bits per heavy atom. The number of aryl methyl sites for hydroxylation is 1. The van der Waals surface area contributed by atoms with Crippen LogP contribution in [0, 0.1) is 6.92 Å². The van der Waals surface area contributed by atoms with Crippen molar-refractivity contribution >= 4 is 34.7 Å². The summed E-state index contributed by atoms with van der Waals surface area (Å²) in [5, 5.41) is 3.39. The molecule has 184 valence electrons. The fourth-order valence-electron chi connectivity index (χ4n) is 4.81. The van der Waals surface area contributed by atoms with Gasteiger partial charge in [-0.05, 0) is 26.0 Å². The lowest BCUT2D eigenvalue weighted by atomic mass is 10.1. The van der Waals surface area contributed by atoms with E-state index in [1.165, 1.54) is 17.2 Å². The van der Waals surface area contributed by atoms with Gasteiger partial charge in [-0.1, -0.05) is 0 Å². The van der Waals surface area contributed by atoms with Crippen molar-refractivity contribution in [2.45, 2.75) is 39.0 Å². The number of alkyl halides is 2. The van der Waals surface area contributed by atoms with Gasteiger partial charge in [-0.15, -0.1) is 0 Å². The minimum atomic E-state index is -2.83. The Morgan fingerprint density at radius 3 is 2.80 bits per heavy atom. The molecule has 1 fully saturated rings. The molecule has 3 aromatic heterocycles. The number of carbonyl (C=O) groups is 2. The summed E-state index contributed by atoms with van der Waals surface area (Å²) in [4.78, 5) is 36.0. The highest BCUT2D eigenvalue weighted by Crippen LogP contribution is 2.45. The van der Waals surface area contributed by atoms with E-state index in [4.69, 9.17) is 10.5 Å². The Balaban J connectivity index is 1.66. The number of fused-ring (bicyclic) bond motifs is 2. The second-order valence-corrected chi connectivity index (χ2v) is 8.79. The largest absolute Gasteiger partial charge is 0.434 e. The van der Waals surface area contributed by atoms with E-state index in [1.807, 2.05) is 6.07 Å². The first-order chi connectivity index (χ1) is 16.7. The fraction of sp³-hybridized carbons (Fsp3) is 0.391. The van der Waals surface area contributed by atoms with Gasteiger partial charge in [0.25, 0.3) is 6.43 Å². The molecule has 1 amide bonds. The number of hydrogen-bond acceptors (Lipinski definition) is 8. The standard InChI is InChI=1S/C23H25F2N7O3/c1-12-9-30(6-5-27-12)16-3-4-28-22-15(16)8-19(35-23(34)21(26)33)32(22)17-11-31-10-13(2)29-18(31)7-14(17)20(24)25/h3-4,7,10-12,19-20,27H,5-6,8-9H2,1-2H3,(H2,26,33)/t12-,19?/m0/s1. The summed E-state index contributed by atoms with van der Waals surface area (Å²) in [5.41, 5.74) is 7.58. The summed E-state index contributed by atoms with van der Waals surface area (Å²) in [5.74, 6) is -2.13. The molecule has 2 aliphatic heterocycles. The Kier molecular flexibility index (Phi) is 5.75. The van der Waals surface area contributed by atoms with Crippen molar-refractivity contribution in [3.63, 3.8) is 0 Å². The van der Waals surface area contributed by atoms with Crippen LogP contribution in [0.25, 0.3) is 5.65 Å². The molecule has 2 aliphatic rings.